The maximum atomic E-state index is 6.50. The van der Waals surface area contributed by atoms with Crippen molar-refractivity contribution in [3.63, 3.8) is 0 Å². The smallest absolute Gasteiger partial charge is 0.0446 e. The number of halogens is 3. The van der Waals surface area contributed by atoms with E-state index in [1.807, 2.05) is 6.07 Å². The highest BCUT2D eigenvalue weighted by Gasteiger charge is 2.40. The normalized spacial score (nSPS) is 28.8. The van der Waals surface area contributed by atoms with Gasteiger partial charge in [0, 0.05) is 36.1 Å². The van der Waals surface area contributed by atoms with Gasteiger partial charge in [-0.15, -0.1) is 24.8 Å². The largest absolute Gasteiger partial charge is 0.314 e. The Morgan fingerprint density at radius 2 is 2.05 bits per heavy atom. The van der Waals surface area contributed by atoms with Crippen molar-refractivity contribution in [2.75, 3.05) is 19.6 Å². The molecule has 0 saturated carbocycles. The van der Waals surface area contributed by atoms with Crippen LogP contribution in [0.25, 0.3) is 0 Å². The summed E-state index contributed by atoms with van der Waals surface area (Å²) in [6.45, 7) is 5.55. The van der Waals surface area contributed by atoms with Crippen molar-refractivity contribution < 1.29 is 0 Å². The molecule has 2 N–H and O–H groups in total. The van der Waals surface area contributed by atoms with Crippen LogP contribution in [0.15, 0.2) is 18.2 Å². The van der Waals surface area contributed by atoms with E-state index in [4.69, 9.17) is 11.6 Å². The van der Waals surface area contributed by atoms with Gasteiger partial charge in [0.2, 0.25) is 0 Å². The molecule has 1 aliphatic carbocycles. The Morgan fingerprint density at radius 3 is 2.75 bits per heavy atom. The first kappa shape index (κ1) is 18.1. The van der Waals surface area contributed by atoms with Gasteiger partial charge in [-0.25, -0.2) is 0 Å². The molecule has 2 aliphatic rings. The molecule has 3 rings (SSSR count). The third-order valence-electron chi connectivity index (χ3n) is 4.62. The summed E-state index contributed by atoms with van der Waals surface area (Å²) in [6, 6.07) is 6.86. The van der Waals surface area contributed by atoms with E-state index in [1.165, 1.54) is 30.4 Å². The molecule has 1 aliphatic heterocycles. The molecule has 1 aromatic carbocycles. The topological polar surface area (TPSA) is 24.1 Å². The van der Waals surface area contributed by atoms with Crippen molar-refractivity contribution in [1.82, 2.24) is 10.6 Å². The summed E-state index contributed by atoms with van der Waals surface area (Å²) in [5.41, 5.74) is 3.00. The number of aryl methyl sites for hydroxylation is 1. The van der Waals surface area contributed by atoms with Gasteiger partial charge < -0.3 is 10.6 Å². The zero-order valence-corrected chi connectivity index (χ0v) is 14.1. The van der Waals surface area contributed by atoms with Crippen molar-refractivity contribution in [2.45, 2.75) is 37.6 Å². The lowest BCUT2D eigenvalue weighted by Crippen LogP contribution is -2.58. The molecule has 2 nitrogen and oxygen atoms in total. The first-order valence-electron chi connectivity index (χ1n) is 6.94. The third kappa shape index (κ3) is 3.10. The summed E-state index contributed by atoms with van der Waals surface area (Å²) in [6.07, 6.45) is 3.66. The summed E-state index contributed by atoms with van der Waals surface area (Å²) in [7, 11) is 0. The fraction of sp³-hybridized carbons (Fsp3) is 0.600. The number of benzene rings is 1. The monoisotopic (exact) mass is 336 g/mol. The second-order valence-corrected chi connectivity index (χ2v) is 6.16. The standard InChI is InChI=1S/C15H21ClN2.2ClH/c1-15(13-10-17-8-9-18-13)7-3-5-11-4-2-6-12(16)14(11)15;;/h2,4,6,13,17-18H,3,5,7-10H2,1H3;2*1H. The molecule has 0 amide bonds. The summed E-state index contributed by atoms with van der Waals surface area (Å²) in [5, 5.41) is 8.12. The van der Waals surface area contributed by atoms with Gasteiger partial charge >= 0.3 is 0 Å². The molecule has 0 bridgehead atoms. The average Bonchev–Trinajstić information content (AvgIpc) is 2.40. The lowest BCUT2D eigenvalue weighted by atomic mass is 9.66. The van der Waals surface area contributed by atoms with Crippen LogP contribution in [-0.2, 0) is 11.8 Å². The maximum Gasteiger partial charge on any atom is 0.0446 e. The quantitative estimate of drug-likeness (QED) is 0.821. The van der Waals surface area contributed by atoms with Gasteiger partial charge in [0.1, 0.15) is 0 Å². The molecule has 1 fully saturated rings. The van der Waals surface area contributed by atoms with E-state index in [9.17, 15) is 0 Å². The molecule has 1 aromatic rings. The average molecular weight is 338 g/mol. The molecule has 2 unspecified atom stereocenters. The van der Waals surface area contributed by atoms with E-state index in [2.05, 4.69) is 29.7 Å². The highest BCUT2D eigenvalue weighted by atomic mass is 35.5. The Hall–Kier alpha value is 0.01000. The van der Waals surface area contributed by atoms with Crippen LogP contribution < -0.4 is 10.6 Å². The van der Waals surface area contributed by atoms with Crippen LogP contribution in [0.5, 0.6) is 0 Å². The SMILES string of the molecule is CC1(C2CNCCN2)CCCc2cccc(Cl)c21.Cl.Cl. The van der Waals surface area contributed by atoms with Crippen LogP contribution in [-0.4, -0.2) is 25.7 Å². The highest BCUT2D eigenvalue weighted by molar-refractivity contribution is 6.31. The van der Waals surface area contributed by atoms with Gasteiger partial charge in [0.25, 0.3) is 0 Å². The second kappa shape index (κ2) is 7.33. The fourth-order valence-corrected chi connectivity index (χ4v) is 4.05. The van der Waals surface area contributed by atoms with Crippen LogP contribution >= 0.6 is 36.4 Å². The van der Waals surface area contributed by atoms with Crippen molar-refractivity contribution in [2.24, 2.45) is 0 Å². The van der Waals surface area contributed by atoms with Crippen molar-refractivity contribution in [1.29, 1.82) is 0 Å². The van der Waals surface area contributed by atoms with Crippen LogP contribution in [0.3, 0.4) is 0 Å². The first-order valence-corrected chi connectivity index (χ1v) is 7.31. The Balaban J connectivity index is 0.000001000. The number of nitrogens with one attached hydrogen (secondary N) is 2. The third-order valence-corrected chi connectivity index (χ3v) is 4.94. The summed E-state index contributed by atoms with van der Waals surface area (Å²) in [5.74, 6) is 0. The van der Waals surface area contributed by atoms with Crippen LogP contribution in [0, 0.1) is 0 Å². The number of piperazine rings is 1. The number of rotatable bonds is 1. The van der Waals surface area contributed by atoms with E-state index in [0.717, 1.165) is 24.7 Å². The molecule has 0 aromatic heterocycles. The maximum absolute atomic E-state index is 6.50. The van der Waals surface area contributed by atoms with Crippen molar-refractivity contribution >= 4 is 36.4 Å². The molecule has 1 heterocycles. The molecule has 1 saturated heterocycles. The minimum atomic E-state index is 0. The van der Waals surface area contributed by atoms with Gasteiger partial charge in [0.05, 0.1) is 0 Å². The predicted molar refractivity (Wildman–Crippen MR) is 90.9 cm³/mol. The molecule has 0 radical (unpaired) electrons. The molecule has 20 heavy (non-hydrogen) atoms. The molecular formula is C15H23Cl3N2. The Morgan fingerprint density at radius 1 is 1.25 bits per heavy atom. The summed E-state index contributed by atoms with van der Waals surface area (Å²) >= 11 is 6.50. The van der Waals surface area contributed by atoms with E-state index in [1.54, 1.807) is 0 Å². The van der Waals surface area contributed by atoms with Gasteiger partial charge in [-0.05, 0) is 36.5 Å². The Kier molecular flexibility index (Phi) is 6.62. The van der Waals surface area contributed by atoms with E-state index < -0.39 is 0 Å². The van der Waals surface area contributed by atoms with E-state index in [-0.39, 0.29) is 30.2 Å². The Bertz CT molecular complexity index is 447. The van der Waals surface area contributed by atoms with Crippen LogP contribution in [0.4, 0.5) is 0 Å². The zero-order chi connectivity index (χ0) is 12.6. The van der Waals surface area contributed by atoms with Crippen LogP contribution in [0.1, 0.15) is 30.9 Å². The molecule has 114 valence electrons. The lowest BCUT2D eigenvalue weighted by molar-refractivity contribution is 0.249. The number of hydrogen-bond acceptors (Lipinski definition) is 2. The van der Waals surface area contributed by atoms with E-state index >= 15 is 0 Å². The summed E-state index contributed by atoms with van der Waals surface area (Å²) in [4.78, 5) is 0. The molecule has 2 atom stereocenters. The van der Waals surface area contributed by atoms with Gasteiger partial charge in [-0.3, -0.25) is 0 Å². The minimum absolute atomic E-state index is 0. The molecular weight excluding hydrogens is 315 g/mol. The second-order valence-electron chi connectivity index (χ2n) is 5.76. The summed E-state index contributed by atoms with van der Waals surface area (Å²) < 4.78 is 0. The minimum Gasteiger partial charge on any atom is -0.314 e. The Labute approximate surface area is 138 Å². The predicted octanol–water partition coefficient (Wildman–Crippen LogP) is 3.34. The lowest BCUT2D eigenvalue weighted by Gasteiger charge is -2.45. The molecule has 0 spiro atoms. The van der Waals surface area contributed by atoms with Gasteiger partial charge in [-0.1, -0.05) is 30.7 Å². The number of hydrogen-bond donors (Lipinski definition) is 2. The zero-order valence-electron chi connectivity index (χ0n) is 11.7. The van der Waals surface area contributed by atoms with Crippen LogP contribution in [0.2, 0.25) is 5.02 Å². The molecule has 5 heteroatoms. The fourth-order valence-electron chi connectivity index (χ4n) is 3.64. The highest BCUT2D eigenvalue weighted by Crippen LogP contribution is 2.43. The first-order chi connectivity index (χ1) is 8.72. The van der Waals surface area contributed by atoms with Gasteiger partial charge in [-0.2, -0.15) is 0 Å². The van der Waals surface area contributed by atoms with Crippen molar-refractivity contribution in [3.05, 3.63) is 34.3 Å². The van der Waals surface area contributed by atoms with Gasteiger partial charge in [0.15, 0.2) is 0 Å². The number of fused-ring (bicyclic) bond motifs is 1. The van der Waals surface area contributed by atoms with E-state index in [0.29, 0.717) is 6.04 Å². The van der Waals surface area contributed by atoms with Crippen molar-refractivity contribution in [3.8, 4) is 0 Å².